The van der Waals surface area contributed by atoms with Gasteiger partial charge in [0, 0.05) is 5.02 Å². The van der Waals surface area contributed by atoms with E-state index in [2.05, 4.69) is 15.0 Å². The van der Waals surface area contributed by atoms with Crippen LogP contribution in [0.4, 0.5) is 0 Å². The number of benzene rings is 1. The van der Waals surface area contributed by atoms with Crippen LogP contribution in [0.3, 0.4) is 0 Å². The summed E-state index contributed by atoms with van der Waals surface area (Å²) >= 11 is 11.8. The second-order valence-corrected chi connectivity index (χ2v) is 5.09. The molecule has 0 aliphatic carbocycles. The molecule has 2 rings (SSSR count). The number of ether oxygens (including phenoxy) is 2. The average molecular weight is 314 g/mol. The molecule has 0 aliphatic heterocycles. The summed E-state index contributed by atoms with van der Waals surface area (Å²) in [6.07, 6.45) is -0.0703. The topological polar surface area (TPSA) is 57.1 Å². The molecule has 0 N–H and O–H groups in total. The molecular formula is C13H13Cl2N3O2. The molecule has 0 aliphatic rings. The van der Waals surface area contributed by atoms with Crippen molar-refractivity contribution in [2.45, 2.75) is 26.9 Å². The molecule has 0 radical (unpaired) electrons. The summed E-state index contributed by atoms with van der Waals surface area (Å²) in [4.78, 5) is 11.8. The molecule has 0 amide bonds. The molecule has 0 fully saturated rings. The fraction of sp³-hybridized carbons (Fsp3) is 0.308. The highest BCUT2D eigenvalue weighted by Gasteiger charge is 2.10. The second-order valence-electron chi connectivity index (χ2n) is 4.35. The summed E-state index contributed by atoms with van der Waals surface area (Å²) in [5, 5.41) is 0.672. The summed E-state index contributed by atoms with van der Waals surface area (Å²) in [5.41, 5.74) is 0.892. The SMILES string of the molecule is Cc1cc(Oc2nc(Cl)nc(OC(C)C)n2)ccc1Cl. The molecule has 106 valence electrons. The van der Waals surface area contributed by atoms with Crippen molar-refractivity contribution in [3.05, 3.63) is 34.1 Å². The van der Waals surface area contributed by atoms with E-state index in [4.69, 9.17) is 32.7 Å². The van der Waals surface area contributed by atoms with Gasteiger partial charge < -0.3 is 9.47 Å². The van der Waals surface area contributed by atoms with Crippen LogP contribution in [0.2, 0.25) is 10.3 Å². The van der Waals surface area contributed by atoms with E-state index in [-0.39, 0.29) is 23.4 Å². The lowest BCUT2D eigenvalue weighted by atomic mass is 10.2. The van der Waals surface area contributed by atoms with Crippen molar-refractivity contribution in [3.63, 3.8) is 0 Å². The number of hydrogen-bond donors (Lipinski definition) is 0. The van der Waals surface area contributed by atoms with Gasteiger partial charge >= 0.3 is 12.0 Å². The minimum Gasteiger partial charge on any atom is -0.461 e. The van der Waals surface area contributed by atoms with Gasteiger partial charge in [-0.15, -0.1) is 4.98 Å². The highest BCUT2D eigenvalue weighted by molar-refractivity contribution is 6.31. The first-order chi connectivity index (χ1) is 9.44. The molecule has 1 heterocycles. The van der Waals surface area contributed by atoms with E-state index in [0.29, 0.717) is 10.8 Å². The molecule has 0 unspecified atom stereocenters. The Morgan fingerprint density at radius 1 is 1.05 bits per heavy atom. The maximum atomic E-state index is 5.95. The van der Waals surface area contributed by atoms with E-state index in [9.17, 15) is 0 Å². The lowest BCUT2D eigenvalue weighted by Crippen LogP contribution is -2.09. The van der Waals surface area contributed by atoms with Crippen molar-refractivity contribution in [3.8, 4) is 17.8 Å². The van der Waals surface area contributed by atoms with Crippen LogP contribution in [-0.4, -0.2) is 21.1 Å². The summed E-state index contributed by atoms with van der Waals surface area (Å²) in [5.74, 6) is 0.560. The number of nitrogens with zero attached hydrogens (tertiary/aromatic N) is 3. The van der Waals surface area contributed by atoms with Crippen LogP contribution in [-0.2, 0) is 0 Å². The Morgan fingerprint density at radius 2 is 1.75 bits per heavy atom. The van der Waals surface area contributed by atoms with Crippen molar-refractivity contribution in [1.29, 1.82) is 0 Å². The van der Waals surface area contributed by atoms with Gasteiger partial charge in [-0.3, -0.25) is 0 Å². The second kappa shape index (κ2) is 6.24. The largest absolute Gasteiger partial charge is 0.461 e. The predicted molar refractivity (Wildman–Crippen MR) is 76.9 cm³/mol. The molecule has 0 saturated heterocycles. The predicted octanol–water partition coefficient (Wildman–Crippen LogP) is 4.07. The summed E-state index contributed by atoms with van der Waals surface area (Å²) in [6.45, 7) is 5.60. The molecule has 1 aromatic heterocycles. The number of rotatable bonds is 4. The Kier molecular flexibility index (Phi) is 4.62. The maximum Gasteiger partial charge on any atom is 0.329 e. The Morgan fingerprint density at radius 3 is 2.40 bits per heavy atom. The lowest BCUT2D eigenvalue weighted by molar-refractivity contribution is 0.218. The van der Waals surface area contributed by atoms with Gasteiger partial charge in [-0.05, 0) is 56.1 Å². The van der Waals surface area contributed by atoms with Gasteiger partial charge in [-0.25, -0.2) is 0 Å². The lowest BCUT2D eigenvalue weighted by Gasteiger charge is -2.09. The van der Waals surface area contributed by atoms with Crippen LogP contribution in [0.1, 0.15) is 19.4 Å². The Bertz CT molecular complexity index is 621. The van der Waals surface area contributed by atoms with Gasteiger partial charge in [0.05, 0.1) is 6.10 Å². The van der Waals surface area contributed by atoms with Crippen LogP contribution in [0.15, 0.2) is 18.2 Å². The van der Waals surface area contributed by atoms with E-state index >= 15 is 0 Å². The summed E-state index contributed by atoms with van der Waals surface area (Å²) in [6, 6.07) is 5.43. The highest BCUT2D eigenvalue weighted by atomic mass is 35.5. The van der Waals surface area contributed by atoms with E-state index in [1.54, 1.807) is 18.2 Å². The van der Waals surface area contributed by atoms with Crippen molar-refractivity contribution < 1.29 is 9.47 Å². The molecule has 2 aromatic rings. The third kappa shape index (κ3) is 3.95. The monoisotopic (exact) mass is 313 g/mol. The van der Waals surface area contributed by atoms with Crippen LogP contribution in [0.25, 0.3) is 0 Å². The van der Waals surface area contributed by atoms with Crippen molar-refractivity contribution in [2.75, 3.05) is 0 Å². The summed E-state index contributed by atoms with van der Waals surface area (Å²) < 4.78 is 10.9. The van der Waals surface area contributed by atoms with E-state index in [0.717, 1.165) is 5.56 Å². The number of hydrogen-bond acceptors (Lipinski definition) is 5. The molecule has 0 bridgehead atoms. The first-order valence-electron chi connectivity index (χ1n) is 5.96. The van der Waals surface area contributed by atoms with Gasteiger partial charge in [0.15, 0.2) is 0 Å². The zero-order valence-electron chi connectivity index (χ0n) is 11.2. The number of aryl methyl sites for hydroxylation is 1. The zero-order chi connectivity index (χ0) is 14.7. The van der Waals surface area contributed by atoms with Gasteiger partial charge in [0.25, 0.3) is 0 Å². The van der Waals surface area contributed by atoms with Crippen molar-refractivity contribution >= 4 is 23.2 Å². The molecule has 1 aromatic carbocycles. The molecule has 0 spiro atoms. The Hall–Kier alpha value is -1.59. The van der Waals surface area contributed by atoms with Crippen LogP contribution < -0.4 is 9.47 Å². The molecule has 20 heavy (non-hydrogen) atoms. The highest BCUT2D eigenvalue weighted by Crippen LogP contribution is 2.25. The minimum absolute atomic E-state index is 0.0105. The maximum absolute atomic E-state index is 5.95. The standard InChI is InChI=1S/C13H13Cl2N3O2/c1-7(2)19-12-16-11(15)17-13(18-12)20-9-4-5-10(14)8(3)6-9/h4-7H,1-3H3. The molecular weight excluding hydrogens is 301 g/mol. The smallest absolute Gasteiger partial charge is 0.329 e. The van der Waals surface area contributed by atoms with Gasteiger partial charge in [-0.1, -0.05) is 11.6 Å². The molecule has 5 nitrogen and oxygen atoms in total. The van der Waals surface area contributed by atoms with E-state index in [1.807, 2.05) is 20.8 Å². The van der Waals surface area contributed by atoms with Crippen LogP contribution in [0.5, 0.6) is 17.8 Å². The third-order valence-corrected chi connectivity index (χ3v) is 2.84. The molecule has 0 atom stereocenters. The van der Waals surface area contributed by atoms with Crippen LogP contribution in [0, 0.1) is 6.92 Å². The fourth-order valence-corrected chi connectivity index (χ4v) is 1.67. The zero-order valence-corrected chi connectivity index (χ0v) is 12.7. The average Bonchev–Trinajstić information content (AvgIpc) is 2.32. The van der Waals surface area contributed by atoms with E-state index in [1.165, 1.54) is 0 Å². The van der Waals surface area contributed by atoms with Crippen molar-refractivity contribution in [2.24, 2.45) is 0 Å². The quantitative estimate of drug-likeness (QED) is 0.851. The van der Waals surface area contributed by atoms with Crippen molar-refractivity contribution in [1.82, 2.24) is 15.0 Å². The Balaban J connectivity index is 2.24. The normalized spacial score (nSPS) is 10.7. The van der Waals surface area contributed by atoms with Crippen LogP contribution >= 0.6 is 23.2 Å². The third-order valence-electron chi connectivity index (χ3n) is 2.25. The number of halogens is 2. The Labute approximate surface area is 126 Å². The van der Waals surface area contributed by atoms with E-state index < -0.39 is 0 Å². The number of aromatic nitrogens is 3. The fourth-order valence-electron chi connectivity index (χ4n) is 1.41. The first-order valence-corrected chi connectivity index (χ1v) is 6.72. The summed E-state index contributed by atoms with van der Waals surface area (Å²) in [7, 11) is 0. The van der Waals surface area contributed by atoms with Gasteiger partial charge in [-0.2, -0.15) is 9.97 Å². The molecule has 7 heteroatoms. The van der Waals surface area contributed by atoms with Gasteiger partial charge in [0.2, 0.25) is 5.28 Å². The first kappa shape index (κ1) is 14.8. The van der Waals surface area contributed by atoms with Gasteiger partial charge in [0.1, 0.15) is 5.75 Å². The minimum atomic E-state index is -0.0703. The molecule has 0 saturated carbocycles.